The zero-order valence-electron chi connectivity index (χ0n) is 8.70. The molecule has 0 saturated heterocycles. The Balaban J connectivity index is 2.38. The molecule has 0 aliphatic heterocycles. The van der Waals surface area contributed by atoms with E-state index in [4.69, 9.17) is 16.0 Å². The predicted molar refractivity (Wildman–Crippen MR) is 58.9 cm³/mol. The summed E-state index contributed by atoms with van der Waals surface area (Å²) in [5, 5.41) is 7.69. The first kappa shape index (κ1) is 11.1. The molecule has 0 amide bonds. The van der Waals surface area contributed by atoms with Gasteiger partial charge in [0.1, 0.15) is 5.82 Å². The van der Waals surface area contributed by atoms with Crippen molar-refractivity contribution in [1.29, 1.82) is 0 Å². The molecule has 2 rings (SSSR count). The van der Waals surface area contributed by atoms with Gasteiger partial charge in [0.15, 0.2) is 0 Å². The monoisotopic (exact) mass is 240 g/mol. The molecule has 0 spiro atoms. The number of halogens is 2. The average molecular weight is 241 g/mol. The summed E-state index contributed by atoms with van der Waals surface area (Å²) in [6, 6.07) is 4.46. The summed E-state index contributed by atoms with van der Waals surface area (Å²) in [6.07, 6.45) is 0.517. The summed E-state index contributed by atoms with van der Waals surface area (Å²) in [5.41, 5.74) is 1.51. The van der Waals surface area contributed by atoms with Crippen LogP contribution >= 0.6 is 11.6 Å². The van der Waals surface area contributed by atoms with E-state index in [2.05, 4.69) is 10.2 Å². The quantitative estimate of drug-likeness (QED) is 0.775. The van der Waals surface area contributed by atoms with Gasteiger partial charge in [-0.15, -0.1) is 21.8 Å². The maximum Gasteiger partial charge on any atom is 0.248 e. The molecule has 0 fully saturated rings. The van der Waals surface area contributed by atoms with Gasteiger partial charge in [-0.05, 0) is 24.6 Å². The second kappa shape index (κ2) is 4.61. The molecule has 0 radical (unpaired) electrons. The van der Waals surface area contributed by atoms with Crippen LogP contribution in [0.25, 0.3) is 11.5 Å². The van der Waals surface area contributed by atoms with E-state index >= 15 is 0 Å². The number of aromatic nitrogens is 2. The van der Waals surface area contributed by atoms with E-state index in [1.54, 1.807) is 6.07 Å². The van der Waals surface area contributed by atoms with Crippen LogP contribution in [0.1, 0.15) is 11.5 Å². The first-order valence-electron chi connectivity index (χ1n) is 4.85. The van der Waals surface area contributed by atoms with Gasteiger partial charge in [-0.2, -0.15) is 0 Å². The first-order chi connectivity index (χ1) is 7.70. The Morgan fingerprint density at radius 2 is 2.19 bits per heavy atom. The average Bonchev–Trinajstić information content (AvgIpc) is 2.71. The molecule has 0 saturated carbocycles. The third kappa shape index (κ3) is 2.22. The molecule has 16 heavy (non-hydrogen) atoms. The van der Waals surface area contributed by atoms with E-state index in [0.29, 0.717) is 29.6 Å². The van der Waals surface area contributed by atoms with Crippen LogP contribution in [0.4, 0.5) is 4.39 Å². The summed E-state index contributed by atoms with van der Waals surface area (Å²) >= 11 is 5.56. The summed E-state index contributed by atoms with van der Waals surface area (Å²) in [7, 11) is 0. The molecule has 0 N–H and O–H groups in total. The van der Waals surface area contributed by atoms with E-state index < -0.39 is 0 Å². The van der Waals surface area contributed by atoms with Crippen LogP contribution in [0.2, 0.25) is 0 Å². The van der Waals surface area contributed by atoms with Gasteiger partial charge in [0.05, 0.1) is 0 Å². The lowest BCUT2D eigenvalue weighted by atomic mass is 10.1. The van der Waals surface area contributed by atoms with Crippen molar-refractivity contribution < 1.29 is 8.81 Å². The molecule has 0 aliphatic carbocycles. The highest BCUT2D eigenvalue weighted by Crippen LogP contribution is 2.23. The predicted octanol–water partition coefficient (Wildman–Crippen LogP) is 2.97. The number of benzene rings is 1. The molecule has 0 atom stereocenters. The van der Waals surface area contributed by atoms with Gasteiger partial charge in [0.2, 0.25) is 11.8 Å². The normalized spacial score (nSPS) is 10.7. The van der Waals surface area contributed by atoms with Gasteiger partial charge in [0, 0.05) is 17.9 Å². The Morgan fingerprint density at radius 3 is 2.94 bits per heavy atom. The largest absolute Gasteiger partial charge is 0.421 e. The molecule has 0 unspecified atom stereocenters. The number of hydrogen-bond acceptors (Lipinski definition) is 3. The topological polar surface area (TPSA) is 38.9 Å². The maximum atomic E-state index is 13.1. The van der Waals surface area contributed by atoms with Crippen LogP contribution in [0, 0.1) is 12.7 Å². The fourth-order valence-electron chi connectivity index (χ4n) is 1.37. The molecular weight excluding hydrogens is 231 g/mol. The van der Waals surface area contributed by atoms with Crippen molar-refractivity contribution in [2.24, 2.45) is 0 Å². The summed E-state index contributed by atoms with van der Waals surface area (Å²) < 4.78 is 18.4. The molecule has 2 aromatic rings. The molecular formula is C11H10ClFN2O. The van der Waals surface area contributed by atoms with Gasteiger partial charge in [-0.3, -0.25) is 0 Å². The molecule has 5 heteroatoms. The molecule has 84 valence electrons. The highest BCUT2D eigenvalue weighted by molar-refractivity contribution is 6.17. The highest BCUT2D eigenvalue weighted by atomic mass is 35.5. The van der Waals surface area contributed by atoms with Crippen LogP contribution in [-0.2, 0) is 6.42 Å². The minimum Gasteiger partial charge on any atom is -0.421 e. The minimum absolute atomic E-state index is 0.322. The van der Waals surface area contributed by atoms with Gasteiger partial charge in [0.25, 0.3) is 0 Å². The lowest BCUT2D eigenvalue weighted by Gasteiger charge is -1.99. The molecule has 0 bridgehead atoms. The van der Waals surface area contributed by atoms with E-state index in [1.165, 1.54) is 12.1 Å². The van der Waals surface area contributed by atoms with Gasteiger partial charge < -0.3 is 4.42 Å². The zero-order chi connectivity index (χ0) is 11.5. The standard InChI is InChI=1S/C11H10ClFN2O/c1-7-2-3-8(13)6-9(7)11-15-14-10(16-11)4-5-12/h2-3,6H,4-5H2,1H3. The number of nitrogens with zero attached hydrogens (tertiary/aromatic N) is 2. The van der Waals surface area contributed by atoms with Crippen molar-refractivity contribution in [3.8, 4) is 11.5 Å². The van der Waals surface area contributed by atoms with Crippen molar-refractivity contribution in [3.05, 3.63) is 35.5 Å². The van der Waals surface area contributed by atoms with Gasteiger partial charge >= 0.3 is 0 Å². The second-order valence-electron chi connectivity index (χ2n) is 3.40. The van der Waals surface area contributed by atoms with Crippen molar-refractivity contribution >= 4 is 11.6 Å². The third-order valence-electron chi connectivity index (χ3n) is 2.21. The Bertz CT molecular complexity index is 498. The summed E-state index contributed by atoms with van der Waals surface area (Å²) in [6.45, 7) is 1.86. The molecule has 3 nitrogen and oxygen atoms in total. The molecule has 1 aromatic heterocycles. The minimum atomic E-state index is -0.322. The number of aryl methyl sites for hydroxylation is 2. The molecule has 1 heterocycles. The van der Waals surface area contributed by atoms with Crippen molar-refractivity contribution in [1.82, 2.24) is 10.2 Å². The van der Waals surface area contributed by atoms with Crippen LogP contribution < -0.4 is 0 Å². The lowest BCUT2D eigenvalue weighted by Crippen LogP contribution is -1.85. The SMILES string of the molecule is Cc1ccc(F)cc1-c1nnc(CCCl)o1. The van der Waals surface area contributed by atoms with E-state index in [-0.39, 0.29) is 5.82 Å². The summed E-state index contributed by atoms with van der Waals surface area (Å²) in [5.74, 6) is 0.896. The Kier molecular flexibility index (Phi) is 3.19. The van der Waals surface area contributed by atoms with Crippen molar-refractivity contribution in [3.63, 3.8) is 0 Å². The van der Waals surface area contributed by atoms with Gasteiger partial charge in [-0.25, -0.2) is 4.39 Å². The number of alkyl halides is 1. The summed E-state index contributed by atoms with van der Waals surface area (Å²) in [4.78, 5) is 0. The smallest absolute Gasteiger partial charge is 0.248 e. The second-order valence-corrected chi connectivity index (χ2v) is 3.78. The van der Waals surface area contributed by atoms with E-state index in [1.807, 2.05) is 6.92 Å². The van der Waals surface area contributed by atoms with Crippen molar-refractivity contribution in [2.45, 2.75) is 13.3 Å². The van der Waals surface area contributed by atoms with Gasteiger partial charge in [-0.1, -0.05) is 6.07 Å². The van der Waals surface area contributed by atoms with E-state index in [0.717, 1.165) is 5.56 Å². The Labute approximate surface area is 97.3 Å². The Hall–Kier alpha value is -1.42. The van der Waals surface area contributed by atoms with Crippen LogP contribution in [0.3, 0.4) is 0 Å². The molecule has 1 aromatic carbocycles. The maximum absolute atomic E-state index is 13.1. The number of rotatable bonds is 3. The van der Waals surface area contributed by atoms with E-state index in [9.17, 15) is 4.39 Å². The molecule has 0 aliphatic rings. The van der Waals surface area contributed by atoms with Crippen molar-refractivity contribution in [2.75, 3.05) is 5.88 Å². The zero-order valence-corrected chi connectivity index (χ0v) is 9.46. The van der Waals surface area contributed by atoms with Crippen LogP contribution in [0.15, 0.2) is 22.6 Å². The first-order valence-corrected chi connectivity index (χ1v) is 5.39. The third-order valence-corrected chi connectivity index (χ3v) is 2.39. The lowest BCUT2D eigenvalue weighted by molar-refractivity contribution is 0.512. The fourth-order valence-corrected chi connectivity index (χ4v) is 1.53. The van der Waals surface area contributed by atoms with Crippen LogP contribution in [0.5, 0.6) is 0 Å². The van der Waals surface area contributed by atoms with Crippen LogP contribution in [-0.4, -0.2) is 16.1 Å². The fraction of sp³-hybridized carbons (Fsp3) is 0.273. The Morgan fingerprint density at radius 1 is 1.38 bits per heavy atom. The number of hydrogen-bond donors (Lipinski definition) is 0. The highest BCUT2D eigenvalue weighted by Gasteiger charge is 2.11.